The summed E-state index contributed by atoms with van der Waals surface area (Å²) >= 11 is 0. The minimum atomic E-state index is -0.216. The number of hydrogen-bond donors (Lipinski definition) is 1. The van der Waals surface area contributed by atoms with E-state index in [4.69, 9.17) is 9.47 Å². The first-order valence-corrected chi connectivity index (χ1v) is 8.62. The van der Waals surface area contributed by atoms with Gasteiger partial charge in [0.1, 0.15) is 0 Å². The number of amides is 1. The maximum atomic E-state index is 12.4. The van der Waals surface area contributed by atoms with E-state index < -0.39 is 0 Å². The van der Waals surface area contributed by atoms with E-state index in [9.17, 15) is 4.79 Å². The van der Waals surface area contributed by atoms with Gasteiger partial charge in [-0.2, -0.15) is 5.10 Å². The molecule has 1 aromatic heterocycles. The Morgan fingerprint density at radius 2 is 1.89 bits per heavy atom. The van der Waals surface area contributed by atoms with Gasteiger partial charge in [-0.1, -0.05) is 24.3 Å². The lowest BCUT2D eigenvalue weighted by Gasteiger charge is -2.05. The lowest BCUT2D eigenvalue weighted by Crippen LogP contribution is -2.09. The highest BCUT2D eigenvalue weighted by molar-refractivity contribution is 6.02. The van der Waals surface area contributed by atoms with Crippen LogP contribution in [-0.4, -0.2) is 22.5 Å². The molecule has 1 aliphatic heterocycles. The maximum Gasteiger partial charge on any atom is 0.248 e. The molecule has 2 heterocycles. The van der Waals surface area contributed by atoms with Crippen LogP contribution in [0.15, 0.2) is 54.6 Å². The average Bonchev–Trinajstić information content (AvgIpc) is 3.26. The van der Waals surface area contributed by atoms with E-state index in [-0.39, 0.29) is 12.7 Å². The Kier molecular flexibility index (Phi) is 4.38. The Balaban J connectivity index is 1.51. The highest BCUT2D eigenvalue weighted by Gasteiger charge is 2.15. The predicted molar refractivity (Wildman–Crippen MR) is 103 cm³/mol. The van der Waals surface area contributed by atoms with Crippen LogP contribution in [0, 0.1) is 13.8 Å². The number of benzene rings is 2. The molecule has 27 heavy (non-hydrogen) atoms. The van der Waals surface area contributed by atoms with E-state index in [0.717, 1.165) is 34.1 Å². The van der Waals surface area contributed by atoms with Gasteiger partial charge in [0.05, 0.1) is 22.8 Å². The number of carbonyl (C=O) groups is 1. The number of anilines is 1. The summed E-state index contributed by atoms with van der Waals surface area (Å²) in [5, 5.41) is 7.46. The number of nitrogens with one attached hydrogen (secondary N) is 1. The number of para-hydroxylation sites is 1. The minimum Gasteiger partial charge on any atom is -0.454 e. The molecule has 0 saturated heterocycles. The van der Waals surface area contributed by atoms with Crippen LogP contribution in [0.3, 0.4) is 0 Å². The molecule has 1 aliphatic rings. The van der Waals surface area contributed by atoms with Crippen molar-refractivity contribution in [2.45, 2.75) is 13.8 Å². The molecule has 6 heteroatoms. The third-order valence-corrected chi connectivity index (χ3v) is 4.36. The smallest absolute Gasteiger partial charge is 0.248 e. The molecule has 3 aromatic rings. The predicted octanol–water partition coefficient (Wildman–Crippen LogP) is 3.87. The van der Waals surface area contributed by atoms with Crippen LogP contribution in [0.1, 0.15) is 17.0 Å². The van der Waals surface area contributed by atoms with Crippen molar-refractivity contribution >= 4 is 17.7 Å². The third-order valence-electron chi connectivity index (χ3n) is 4.36. The number of hydrogen-bond acceptors (Lipinski definition) is 4. The minimum absolute atomic E-state index is 0.216. The van der Waals surface area contributed by atoms with Crippen molar-refractivity contribution in [1.29, 1.82) is 0 Å². The van der Waals surface area contributed by atoms with E-state index in [1.165, 1.54) is 6.08 Å². The first-order valence-electron chi connectivity index (χ1n) is 8.62. The monoisotopic (exact) mass is 361 g/mol. The molecular formula is C21H19N3O3. The van der Waals surface area contributed by atoms with Crippen LogP contribution in [-0.2, 0) is 4.79 Å². The van der Waals surface area contributed by atoms with Crippen molar-refractivity contribution in [3.63, 3.8) is 0 Å². The zero-order valence-electron chi connectivity index (χ0n) is 15.1. The van der Waals surface area contributed by atoms with Gasteiger partial charge in [0.2, 0.25) is 12.7 Å². The first kappa shape index (κ1) is 16.9. The molecule has 4 rings (SSSR count). The number of aromatic nitrogens is 2. The highest BCUT2D eigenvalue weighted by atomic mass is 16.7. The summed E-state index contributed by atoms with van der Waals surface area (Å²) in [6.07, 6.45) is 3.24. The van der Waals surface area contributed by atoms with Gasteiger partial charge in [-0.25, -0.2) is 4.68 Å². The van der Waals surface area contributed by atoms with Gasteiger partial charge in [0.15, 0.2) is 11.5 Å². The number of carbonyl (C=O) groups excluding carboxylic acids is 1. The number of nitrogens with zero attached hydrogens (tertiary/aromatic N) is 2. The van der Waals surface area contributed by atoms with Crippen molar-refractivity contribution in [2.24, 2.45) is 0 Å². The fourth-order valence-corrected chi connectivity index (χ4v) is 3.00. The molecule has 0 aliphatic carbocycles. The molecule has 0 atom stereocenters. The Bertz CT molecular complexity index is 1020. The largest absolute Gasteiger partial charge is 0.454 e. The quantitative estimate of drug-likeness (QED) is 0.717. The summed E-state index contributed by atoms with van der Waals surface area (Å²) in [7, 11) is 0. The van der Waals surface area contributed by atoms with E-state index in [1.54, 1.807) is 6.08 Å². The second kappa shape index (κ2) is 6.99. The van der Waals surface area contributed by atoms with Gasteiger partial charge < -0.3 is 14.8 Å². The molecule has 2 aromatic carbocycles. The van der Waals surface area contributed by atoms with E-state index in [0.29, 0.717) is 5.75 Å². The van der Waals surface area contributed by atoms with Crippen molar-refractivity contribution in [2.75, 3.05) is 12.1 Å². The van der Waals surface area contributed by atoms with E-state index in [1.807, 2.05) is 67.1 Å². The summed E-state index contributed by atoms with van der Waals surface area (Å²) in [4.78, 5) is 12.4. The van der Waals surface area contributed by atoms with Crippen molar-refractivity contribution in [3.05, 3.63) is 71.6 Å². The molecule has 0 bridgehead atoms. The van der Waals surface area contributed by atoms with Crippen LogP contribution in [0.25, 0.3) is 11.8 Å². The fourth-order valence-electron chi connectivity index (χ4n) is 3.00. The van der Waals surface area contributed by atoms with Gasteiger partial charge in [0, 0.05) is 6.08 Å². The summed E-state index contributed by atoms with van der Waals surface area (Å²) in [6.45, 7) is 4.04. The van der Waals surface area contributed by atoms with Gasteiger partial charge in [0.25, 0.3) is 0 Å². The lowest BCUT2D eigenvalue weighted by atomic mass is 10.2. The molecule has 0 unspecified atom stereocenters. The van der Waals surface area contributed by atoms with Gasteiger partial charge >= 0.3 is 0 Å². The number of aryl methyl sites for hydroxylation is 1. The SMILES string of the molecule is Cc1nn(-c2ccccc2)c(C)c1NC(=O)/C=C/c1ccc2c(c1)OCO2. The number of rotatable bonds is 4. The molecule has 1 amide bonds. The second-order valence-corrected chi connectivity index (χ2v) is 6.23. The Hall–Kier alpha value is -3.54. The maximum absolute atomic E-state index is 12.4. The summed E-state index contributed by atoms with van der Waals surface area (Å²) in [5.74, 6) is 1.19. The average molecular weight is 361 g/mol. The zero-order chi connectivity index (χ0) is 18.8. The van der Waals surface area contributed by atoms with Crippen molar-refractivity contribution in [1.82, 2.24) is 9.78 Å². The molecule has 0 spiro atoms. The molecule has 1 N–H and O–H groups in total. The molecular weight excluding hydrogens is 342 g/mol. The summed E-state index contributed by atoms with van der Waals surface area (Å²) in [5.41, 5.74) is 4.18. The van der Waals surface area contributed by atoms with Crippen LogP contribution in [0.5, 0.6) is 11.5 Å². The normalized spacial score (nSPS) is 12.5. The molecule has 0 saturated carbocycles. The van der Waals surface area contributed by atoms with Crippen LogP contribution < -0.4 is 14.8 Å². The summed E-state index contributed by atoms with van der Waals surface area (Å²) in [6, 6.07) is 15.4. The Morgan fingerprint density at radius 3 is 2.70 bits per heavy atom. The van der Waals surface area contributed by atoms with Gasteiger partial charge in [-0.05, 0) is 49.8 Å². The van der Waals surface area contributed by atoms with Crippen molar-refractivity contribution < 1.29 is 14.3 Å². The third kappa shape index (κ3) is 3.42. The lowest BCUT2D eigenvalue weighted by molar-refractivity contribution is -0.111. The fraction of sp³-hybridized carbons (Fsp3) is 0.143. The zero-order valence-corrected chi connectivity index (χ0v) is 15.1. The Labute approximate surface area is 157 Å². The number of ether oxygens (including phenoxy) is 2. The van der Waals surface area contributed by atoms with Crippen molar-refractivity contribution in [3.8, 4) is 17.2 Å². The number of fused-ring (bicyclic) bond motifs is 1. The van der Waals surface area contributed by atoms with Gasteiger partial charge in [-0.3, -0.25) is 4.79 Å². The Morgan fingerprint density at radius 1 is 1.11 bits per heavy atom. The molecule has 0 radical (unpaired) electrons. The molecule has 0 fully saturated rings. The molecule has 6 nitrogen and oxygen atoms in total. The van der Waals surface area contributed by atoms with Crippen LogP contribution in [0.2, 0.25) is 0 Å². The summed E-state index contributed by atoms with van der Waals surface area (Å²) < 4.78 is 12.5. The highest BCUT2D eigenvalue weighted by Crippen LogP contribution is 2.32. The van der Waals surface area contributed by atoms with Crippen LogP contribution >= 0.6 is 0 Å². The van der Waals surface area contributed by atoms with E-state index >= 15 is 0 Å². The van der Waals surface area contributed by atoms with Gasteiger partial charge in [-0.15, -0.1) is 0 Å². The van der Waals surface area contributed by atoms with E-state index in [2.05, 4.69) is 10.4 Å². The first-order chi connectivity index (χ1) is 13.1. The second-order valence-electron chi connectivity index (χ2n) is 6.23. The topological polar surface area (TPSA) is 65.4 Å². The standard InChI is InChI=1S/C21H19N3O3/c1-14-21(15(2)24(23-14)17-6-4-3-5-7-17)22-20(25)11-9-16-8-10-18-19(12-16)27-13-26-18/h3-12H,13H2,1-2H3,(H,22,25)/b11-9+. The molecule has 136 valence electrons. The van der Waals surface area contributed by atoms with Crippen LogP contribution in [0.4, 0.5) is 5.69 Å².